The molecular weight excluding hydrogens is 272 g/mol. The van der Waals surface area contributed by atoms with E-state index in [2.05, 4.69) is 40.1 Å². The molecule has 1 fully saturated rings. The van der Waals surface area contributed by atoms with Crippen molar-refractivity contribution in [1.82, 2.24) is 19.7 Å². The van der Waals surface area contributed by atoms with Crippen LogP contribution in [0.25, 0.3) is 5.65 Å². The van der Waals surface area contributed by atoms with Crippen LogP contribution in [0.1, 0.15) is 48.3 Å². The Bertz CT molecular complexity index is 759. The number of nitrogens with one attached hydrogen (secondary N) is 1. The van der Waals surface area contributed by atoms with Crippen LogP contribution in [0.3, 0.4) is 0 Å². The van der Waals surface area contributed by atoms with Gasteiger partial charge in [-0.25, -0.2) is 4.98 Å². The average Bonchev–Trinajstić information content (AvgIpc) is 2.99. The molecule has 112 valence electrons. The number of nitrogens with zero attached hydrogens (tertiary/aromatic N) is 3. The van der Waals surface area contributed by atoms with Gasteiger partial charge in [0.15, 0.2) is 0 Å². The molecule has 3 aromatic heterocycles. The Morgan fingerprint density at radius 1 is 1.14 bits per heavy atom. The number of imidazole rings is 1. The molecule has 4 nitrogen and oxygen atoms in total. The number of fused-ring (bicyclic) bond motifs is 1. The Labute approximate surface area is 130 Å². The van der Waals surface area contributed by atoms with Crippen molar-refractivity contribution in [2.75, 3.05) is 0 Å². The smallest absolute Gasteiger partial charge is 0.137 e. The van der Waals surface area contributed by atoms with E-state index >= 15 is 0 Å². The van der Waals surface area contributed by atoms with Crippen molar-refractivity contribution in [2.45, 2.75) is 38.3 Å². The van der Waals surface area contributed by atoms with Crippen LogP contribution in [0.4, 0.5) is 0 Å². The van der Waals surface area contributed by atoms with Crippen molar-refractivity contribution in [2.24, 2.45) is 0 Å². The van der Waals surface area contributed by atoms with Crippen molar-refractivity contribution in [3.05, 3.63) is 65.9 Å². The van der Waals surface area contributed by atoms with Gasteiger partial charge in [-0.3, -0.25) is 4.98 Å². The standard InChI is InChI=1S/C18H20N4/c1-13-6-5-10-19-18(13)15-8-4-7-14(20-15)16-12-22-11-3-2-9-17(22)21-16/h2-3,5-6,9-12,14-15,20H,4,7-8H2,1H3/t14-,15+/m1/s1. The number of aryl methyl sites for hydroxylation is 1. The van der Waals surface area contributed by atoms with Crippen LogP contribution in [0.5, 0.6) is 0 Å². The maximum absolute atomic E-state index is 4.77. The van der Waals surface area contributed by atoms with Crippen molar-refractivity contribution in [1.29, 1.82) is 0 Å². The van der Waals surface area contributed by atoms with Crippen LogP contribution in [-0.2, 0) is 0 Å². The zero-order valence-corrected chi connectivity index (χ0v) is 12.7. The fraction of sp³-hybridized carbons (Fsp3) is 0.333. The van der Waals surface area contributed by atoms with E-state index in [4.69, 9.17) is 4.98 Å². The molecule has 4 heterocycles. The van der Waals surface area contributed by atoms with E-state index in [-0.39, 0.29) is 0 Å². The fourth-order valence-corrected chi connectivity index (χ4v) is 3.37. The predicted molar refractivity (Wildman–Crippen MR) is 86.6 cm³/mol. The van der Waals surface area contributed by atoms with Gasteiger partial charge in [-0.2, -0.15) is 0 Å². The number of hydrogen-bond acceptors (Lipinski definition) is 3. The highest BCUT2D eigenvalue weighted by Crippen LogP contribution is 2.32. The first-order chi connectivity index (χ1) is 10.8. The minimum absolute atomic E-state index is 0.306. The molecule has 1 aliphatic heterocycles. The largest absolute Gasteiger partial charge is 0.307 e. The Morgan fingerprint density at radius 3 is 2.91 bits per heavy atom. The first-order valence-corrected chi connectivity index (χ1v) is 7.92. The zero-order valence-electron chi connectivity index (χ0n) is 12.7. The molecule has 0 bridgehead atoms. The topological polar surface area (TPSA) is 42.2 Å². The summed E-state index contributed by atoms with van der Waals surface area (Å²) >= 11 is 0. The van der Waals surface area contributed by atoms with Gasteiger partial charge in [0.25, 0.3) is 0 Å². The highest BCUT2D eigenvalue weighted by atomic mass is 15.1. The van der Waals surface area contributed by atoms with Crippen molar-refractivity contribution in [3.63, 3.8) is 0 Å². The van der Waals surface area contributed by atoms with Crippen LogP contribution < -0.4 is 5.32 Å². The molecule has 0 spiro atoms. The molecule has 0 amide bonds. The summed E-state index contributed by atoms with van der Waals surface area (Å²) in [6.07, 6.45) is 9.55. The lowest BCUT2D eigenvalue weighted by atomic mass is 9.93. The lowest BCUT2D eigenvalue weighted by Gasteiger charge is -2.30. The number of piperidine rings is 1. The molecule has 1 saturated heterocycles. The van der Waals surface area contributed by atoms with Crippen LogP contribution in [0.15, 0.2) is 48.9 Å². The second-order valence-corrected chi connectivity index (χ2v) is 6.04. The summed E-state index contributed by atoms with van der Waals surface area (Å²) in [5.41, 5.74) is 4.58. The van der Waals surface area contributed by atoms with Crippen molar-refractivity contribution in [3.8, 4) is 0 Å². The van der Waals surface area contributed by atoms with Gasteiger partial charge in [0.05, 0.1) is 23.5 Å². The molecule has 1 N–H and O–H groups in total. The third-order valence-corrected chi connectivity index (χ3v) is 4.51. The maximum atomic E-state index is 4.77. The van der Waals surface area contributed by atoms with E-state index in [1.165, 1.54) is 17.7 Å². The van der Waals surface area contributed by atoms with Gasteiger partial charge in [0.1, 0.15) is 5.65 Å². The molecule has 0 saturated carbocycles. The summed E-state index contributed by atoms with van der Waals surface area (Å²) in [6.45, 7) is 2.14. The van der Waals surface area contributed by atoms with Crippen LogP contribution in [0, 0.1) is 6.92 Å². The Balaban J connectivity index is 1.62. The van der Waals surface area contributed by atoms with Crippen molar-refractivity contribution >= 4 is 5.65 Å². The van der Waals surface area contributed by atoms with E-state index in [0.29, 0.717) is 12.1 Å². The molecule has 2 atom stereocenters. The monoisotopic (exact) mass is 292 g/mol. The lowest BCUT2D eigenvalue weighted by Crippen LogP contribution is -2.32. The van der Waals surface area contributed by atoms with E-state index in [1.54, 1.807) is 0 Å². The molecular formula is C18H20N4. The summed E-state index contributed by atoms with van der Waals surface area (Å²) < 4.78 is 2.09. The van der Waals surface area contributed by atoms with Gasteiger partial charge in [-0.15, -0.1) is 0 Å². The molecule has 0 unspecified atom stereocenters. The maximum Gasteiger partial charge on any atom is 0.137 e. The summed E-state index contributed by atoms with van der Waals surface area (Å²) in [5.74, 6) is 0. The van der Waals surface area contributed by atoms with E-state index in [0.717, 1.165) is 24.2 Å². The number of aromatic nitrogens is 3. The Hall–Kier alpha value is -2.20. The third kappa shape index (κ3) is 2.40. The third-order valence-electron chi connectivity index (χ3n) is 4.51. The van der Waals surface area contributed by atoms with Crippen LogP contribution in [-0.4, -0.2) is 14.4 Å². The van der Waals surface area contributed by atoms with Gasteiger partial charge in [0.2, 0.25) is 0 Å². The average molecular weight is 292 g/mol. The first kappa shape index (κ1) is 13.5. The Morgan fingerprint density at radius 2 is 2.05 bits per heavy atom. The van der Waals surface area contributed by atoms with E-state index in [9.17, 15) is 0 Å². The quantitative estimate of drug-likeness (QED) is 0.785. The summed E-state index contributed by atoms with van der Waals surface area (Å²) in [7, 11) is 0. The first-order valence-electron chi connectivity index (χ1n) is 7.92. The highest BCUT2D eigenvalue weighted by Gasteiger charge is 2.26. The lowest BCUT2D eigenvalue weighted by molar-refractivity contribution is 0.321. The van der Waals surface area contributed by atoms with E-state index in [1.807, 2.05) is 30.5 Å². The highest BCUT2D eigenvalue weighted by molar-refractivity contribution is 5.40. The number of hydrogen-bond donors (Lipinski definition) is 1. The second-order valence-electron chi connectivity index (χ2n) is 6.04. The Kier molecular flexibility index (Phi) is 3.39. The van der Waals surface area contributed by atoms with Gasteiger partial charge < -0.3 is 9.72 Å². The van der Waals surface area contributed by atoms with Gasteiger partial charge in [-0.05, 0) is 49.9 Å². The minimum Gasteiger partial charge on any atom is -0.307 e. The summed E-state index contributed by atoms with van der Waals surface area (Å²) in [5, 5.41) is 3.75. The summed E-state index contributed by atoms with van der Waals surface area (Å²) in [6, 6.07) is 10.9. The minimum atomic E-state index is 0.306. The number of rotatable bonds is 2. The predicted octanol–water partition coefficient (Wildman–Crippen LogP) is 3.59. The molecule has 0 radical (unpaired) electrons. The van der Waals surface area contributed by atoms with Gasteiger partial charge >= 0.3 is 0 Å². The van der Waals surface area contributed by atoms with Crippen LogP contribution >= 0.6 is 0 Å². The normalized spacial score (nSPS) is 22.0. The van der Waals surface area contributed by atoms with Crippen molar-refractivity contribution < 1.29 is 0 Å². The van der Waals surface area contributed by atoms with Gasteiger partial charge in [0, 0.05) is 18.6 Å². The summed E-state index contributed by atoms with van der Waals surface area (Å²) in [4.78, 5) is 9.35. The van der Waals surface area contributed by atoms with E-state index < -0.39 is 0 Å². The fourth-order valence-electron chi connectivity index (χ4n) is 3.37. The molecule has 0 aliphatic carbocycles. The zero-order chi connectivity index (χ0) is 14.9. The molecule has 3 aromatic rings. The number of pyridine rings is 2. The van der Waals surface area contributed by atoms with Gasteiger partial charge in [-0.1, -0.05) is 12.1 Å². The molecule has 4 rings (SSSR count). The molecule has 0 aromatic carbocycles. The molecule has 4 heteroatoms. The molecule has 1 aliphatic rings. The SMILES string of the molecule is Cc1cccnc1[C@@H]1CCC[C@H](c2cn3ccccc3n2)N1. The molecule has 22 heavy (non-hydrogen) atoms. The second kappa shape index (κ2) is 5.54. The van der Waals surface area contributed by atoms with Crippen LogP contribution in [0.2, 0.25) is 0 Å².